The van der Waals surface area contributed by atoms with Crippen molar-refractivity contribution in [2.24, 2.45) is 0 Å². The molecule has 4 aromatic rings. The molecule has 0 bridgehead atoms. The van der Waals surface area contributed by atoms with Crippen molar-refractivity contribution in [1.29, 1.82) is 0 Å². The Hall–Kier alpha value is -4.46. The van der Waals surface area contributed by atoms with Gasteiger partial charge in [0.05, 0.1) is 50.7 Å². The van der Waals surface area contributed by atoms with Crippen molar-refractivity contribution in [2.75, 3.05) is 28.4 Å². The Labute approximate surface area is 193 Å². The van der Waals surface area contributed by atoms with Crippen LogP contribution in [0, 0.1) is 0 Å². The summed E-state index contributed by atoms with van der Waals surface area (Å²) in [6, 6.07) is 14.5. The van der Waals surface area contributed by atoms with Crippen LogP contribution in [0.5, 0.6) is 0 Å². The van der Waals surface area contributed by atoms with Crippen LogP contribution in [-0.2, 0) is 18.9 Å². The molecule has 0 aromatic heterocycles. The summed E-state index contributed by atoms with van der Waals surface area (Å²) in [7, 11) is 4.52. The lowest BCUT2D eigenvalue weighted by Gasteiger charge is -2.21. The highest BCUT2D eigenvalue weighted by molar-refractivity contribution is 6.36. The number of carbonyl (C=O) groups is 4. The fraction of sp³-hybridized carbons (Fsp3) is 0.154. The van der Waals surface area contributed by atoms with Crippen molar-refractivity contribution in [2.45, 2.75) is 0 Å². The van der Waals surface area contributed by atoms with E-state index in [2.05, 4.69) is 0 Å². The first-order valence-electron chi connectivity index (χ1n) is 10.2. The number of esters is 4. The smallest absolute Gasteiger partial charge is 0.339 e. The molecule has 0 heterocycles. The van der Waals surface area contributed by atoms with Crippen LogP contribution < -0.4 is 0 Å². The fourth-order valence-corrected chi connectivity index (χ4v) is 4.39. The zero-order chi connectivity index (χ0) is 24.6. The molecule has 0 unspecified atom stereocenters. The minimum absolute atomic E-state index is 0.209. The minimum Gasteiger partial charge on any atom is -0.465 e. The number of benzene rings is 4. The van der Waals surface area contributed by atoms with Gasteiger partial charge in [-0.1, -0.05) is 48.5 Å². The van der Waals surface area contributed by atoms with Crippen molar-refractivity contribution in [1.82, 2.24) is 0 Å². The lowest BCUT2D eigenvalue weighted by atomic mass is 9.83. The second-order valence-electron chi connectivity index (χ2n) is 7.31. The van der Waals surface area contributed by atoms with Gasteiger partial charge < -0.3 is 18.9 Å². The van der Waals surface area contributed by atoms with E-state index in [1.54, 1.807) is 24.3 Å². The average Bonchev–Trinajstić information content (AvgIpc) is 2.89. The molecule has 0 N–H and O–H groups in total. The van der Waals surface area contributed by atoms with Crippen molar-refractivity contribution in [3.05, 3.63) is 70.8 Å². The Morgan fingerprint density at radius 1 is 0.441 bits per heavy atom. The molecule has 34 heavy (non-hydrogen) atoms. The molecule has 0 aliphatic heterocycles. The zero-order valence-electron chi connectivity index (χ0n) is 18.9. The van der Waals surface area contributed by atoms with Crippen LogP contribution in [0.2, 0.25) is 0 Å². The molecule has 0 spiro atoms. The van der Waals surface area contributed by atoms with Gasteiger partial charge in [0.15, 0.2) is 0 Å². The Bertz CT molecular complexity index is 1400. The normalized spacial score (nSPS) is 10.8. The van der Waals surface area contributed by atoms with E-state index in [-0.39, 0.29) is 21.9 Å². The van der Waals surface area contributed by atoms with Gasteiger partial charge in [-0.2, -0.15) is 0 Å². The summed E-state index contributed by atoms with van der Waals surface area (Å²) in [6.07, 6.45) is 0. The monoisotopic (exact) mass is 460 g/mol. The molecular formula is C26H20O8. The van der Waals surface area contributed by atoms with Crippen molar-refractivity contribution in [3.8, 4) is 0 Å². The number of carbonyl (C=O) groups excluding carboxylic acids is 4. The van der Waals surface area contributed by atoms with Crippen LogP contribution in [0.15, 0.2) is 48.5 Å². The highest BCUT2D eigenvalue weighted by atomic mass is 16.5. The molecule has 172 valence electrons. The summed E-state index contributed by atoms with van der Waals surface area (Å²) in [5.41, 5.74) is -1.29. The van der Waals surface area contributed by atoms with E-state index in [0.29, 0.717) is 10.8 Å². The summed E-state index contributed by atoms with van der Waals surface area (Å²) in [4.78, 5) is 52.4. The van der Waals surface area contributed by atoms with E-state index in [1.165, 1.54) is 0 Å². The van der Waals surface area contributed by atoms with E-state index >= 15 is 0 Å². The second kappa shape index (κ2) is 8.82. The van der Waals surface area contributed by atoms with Gasteiger partial charge in [0.25, 0.3) is 0 Å². The standard InChI is InChI=1S/C26H20O8/c1-31-23(27)19-17-15-11-7-5-9-13(15)14-10-6-8-12-16(14)18(17)20(24(28)32-2)22(26(30)34-4)21(19)25(29)33-3/h5-12H,1-4H3. The quantitative estimate of drug-likeness (QED) is 0.252. The average molecular weight is 460 g/mol. The van der Waals surface area contributed by atoms with Crippen LogP contribution in [0.25, 0.3) is 32.3 Å². The first-order valence-corrected chi connectivity index (χ1v) is 10.2. The van der Waals surface area contributed by atoms with E-state index in [9.17, 15) is 19.2 Å². The Morgan fingerprint density at radius 2 is 0.706 bits per heavy atom. The Morgan fingerprint density at radius 3 is 1.00 bits per heavy atom. The third kappa shape index (κ3) is 3.23. The number of methoxy groups -OCH3 is 4. The zero-order valence-corrected chi connectivity index (χ0v) is 18.9. The van der Waals surface area contributed by atoms with Crippen molar-refractivity contribution < 1.29 is 38.1 Å². The maximum Gasteiger partial charge on any atom is 0.339 e. The van der Waals surface area contributed by atoms with Gasteiger partial charge >= 0.3 is 23.9 Å². The number of fused-ring (bicyclic) bond motifs is 6. The third-order valence-corrected chi connectivity index (χ3v) is 5.74. The fourth-order valence-electron chi connectivity index (χ4n) is 4.39. The molecular weight excluding hydrogens is 440 g/mol. The van der Waals surface area contributed by atoms with Crippen LogP contribution in [0.4, 0.5) is 0 Å². The first kappa shape index (κ1) is 22.7. The number of hydrogen-bond acceptors (Lipinski definition) is 8. The van der Waals surface area contributed by atoms with E-state index < -0.39 is 35.0 Å². The molecule has 0 saturated carbocycles. The number of hydrogen-bond donors (Lipinski definition) is 0. The highest BCUT2D eigenvalue weighted by Crippen LogP contribution is 2.42. The summed E-state index contributed by atoms with van der Waals surface area (Å²) >= 11 is 0. The van der Waals surface area contributed by atoms with Gasteiger partial charge in [-0.05, 0) is 21.5 Å². The van der Waals surface area contributed by atoms with Crippen LogP contribution >= 0.6 is 0 Å². The molecule has 4 rings (SSSR count). The summed E-state index contributed by atoms with van der Waals surface area (Å²) in [5.74, 6) is -3.78. The van der Waals surface area contributed by atoms with Crippen LogP contribution in [0.3, 0.4) is 0 Å². The SMILES string of the molecule is COC(=O)c1c(C(=O)OC)c(C(=O)OC)c2c3ccccc3c3ccccc3c2c1C(=O)OC. The second-order valence-corrected chi connectivity index (χ2v) is 7.31. The minimum atomic E-state index is -1.01. The van der Waals surface area contributed by atoms with Gasteiger partial charge in [0.2, 0.25) is 0 Å². The molecule has 8 heteroatoms. The summed E-state index contributed by atoms with van der Waals surface area (Å²) in [5, 5.41) is 3.21. The third-order valence-electron chi connectivity index (χ3n) is 5.74. The van der Waals surface area contributed by atoms with E-state index in [4.69, 9.17) is 18.9 Å². The van der Waals surface area contributed by atoms with Gasteiger partial charge in [-0.3, -0.25) is 0 Å². The van der Waals surface area contributed by atoms with E-state index in [0.717, 1.165) is 39.2 Å². The summed E-state index contributed by atoms with van der Waals surface area (Å²) < 4.78 is 19.9. The lowest BCUT2D eigenvalue weighted by molar-refractivity contribution is 0.0524. The first-order chi connectivity index (χ1) is 16.4. The lowest BCUT2D eigenvalue weighted by Crippen LogP contribution is -2.23. The molecule has 0 saturated heterocycles. The molecule has 0 amide bonds. The molecule has 4 aromatic carbocycles. The topological polar surface area (TPSA) is 105 Å². The van der Waals surface area contributed by atoms with Crippen LogP contribution in [-0.4, -0.2) is 52.3 Å². The highest BCUT2D eigenvalue weighted by Gasteiger charge is 2.36. The maximum absolute atomic E-state index is 13.2. The van der Waals surface area contributed by atoms with Gasteiger partial charge in [0, 0.05) is 10.8 Å². The maximum atomic E-state index is 13.2. The van der Waals surface area contributed by atoms with Gasteiger partial charge in [0.1, 0.15) is 0 Å². The predicted molar refractivity (Wildman–Crippen MR) is 124 cm³/mol. The van der Waals surface area contributed by atoms with Gasteiger partial charge in [-0.25, -0.2) is 19.2 Å². The van der Waals surface area contributed by atoms with Gasteiger partial charge in [-0.15, -0.1) is 0 Å². The Balaban J connectivity index is 2.53. The molecule has 0 fully saturated rings. The molecule has 8 nitrogen and oxygen atoms in total. The van der Waals surface area contributed by atoms with Crippen molar-refractivity contribution in [3.63, 3.8) is 0 Å². The molecule has 0 atom stereocenters. The predicted octanol–water partition coefficient (Wildman–Crippen LogP) is 4.29. The van der Waals surface area contributed by atoms with E-state index in [1.807, 2.05) is 24.3 Å². The molecule has 0 aliphatic carbocycles. The molecule has 0 radical (unpaired) electrons. The van der Waals surface area contributed by atoms with Crippen LogP contribution in [0.1, 0.15) is 41.4 Å². The largest absolute Gasteiger partial charge is 0.465 e. The number of rotatable bonds is 4. The van der Waals surface area contributed by atoms with Crippen molar-refractivity contribution >= 4 is 56.2 Å². The Kier molecular flexibility index (Phi) is 5.89. The number of ether oxygens (including phenoxy) is 4. The summed E-state index contributed by atoms with van der Waals surface area (Å²) in [6.45, 7) is 0. The molecule has 0 aliphatic rings.